The van der Waals surface area contributed by atoms with Crippen LogP contribution in [-0.4, -0.2) is 45.2 Å². The van der Waals surface area contributed by atoms with Gasteiger partial charge in [-0.1, -0.05) is 0 Å². The van der Waals surface area contributed by atoms with Crippen LogP contribution in [0.15, 0.2) is 30.5 Å². The monoisotopic (exact) mass is 445 g/mol. The molecule has 10 heteroatoms. The average molecular weight is 445 g/mol. The van der Waals surface area contributed by atoms with E-state index in [4.69, 9.17) is 5.73 Å². The number of rotatable bonds is 4. The first-order valence-corrected chi connectivity index (χ1v) is 10.6. The number of halogens is 3. The predicted octanol–water partition coefficient (Wildman–Crippen LogP) is 4.34. The van der Waals surface area contributed by atoms with E-state index in [1.54, 1.807) is 11.1 Å². The maximum atomic E-state index is 12.9. The van der Waals surface area contributed by atoms with Gasteiger partial charge in [0.2, 0.25) is 0 Å². The number of hydrogen-bond donors (Lipinski definition) is 2. The van der Waals surface area contributed by atoms with E-state index in [1.807, 2.05) is 6.07 Å². The van der Waals surface area contributed by atoms with Crippen molar-refractivity contribution in [3.63, 3.8) is 0 Å². The second-order valence-electron chi connectivity index (χ2n) is 8.36. The highest BCUT2D eigenvalue weighted by Crippen LogP contribution is 2.40. The molecular formula is C22H22F3N5O2. The number of pyridine rings is 1. The maximum absolute atomic E-state index is 12.9. The minimum absolute atomic E-state index is 0.0419. The summed E-state index contributed by atoms with van der Waals surface area (Å²) >= 11 is 0. The van der Waals surface area contributed by atoms with Gasteiger partial charge in [-0.3, -0.25) is 4.79 Å². The van der Waals surface area contributed by atoms with Crippen molar-refractivity contribution in [1.29, 1.82) is 0 Å². The summed E-state index contributed by atoms with van der Waals surface area (Å²) in [7, 11) is 0. The summed E-state index contributed by atoms with van der Waals surface area (Å²) in [5.41, 5.74) is 8.85. The molecule has 0 bridgehead atoms. The van der Waals surface area contributed by atoms with E-state index in [-0.39, 0.29) is 23.1 Å². The van der Waals surface area contributed by atoms with Crippen LogP contribution in [0.5, 0.6) is 5.75 Å². The Morgan fingerprint density at radius 2 is 1.88 bits per heavy atom. The molecule has 2 fully saturated rings. The SMILES string of the molecule is Nc1cc(OC(F)(F)F)ccc1C(=O)N1CCC(c2ccnc3nc(C4CC4)[nH]c23)CC1. The topological polar surface area (TPSA) is 97.1 Å². The number of nitrogens with one attached hydrogen (secondary N) is 1. The largest absolute Gasteiger partial charge is 0.573 e. The van der Waals surface area contributed by atoms with Gasteiger partial charge in [0.1, 0.15) is 11.6 Å². The Bertz CT molecular complexity index is 1160. The van der Waals surface area contributed by atoms with Crippen LogP contribution >= 0.6 is 0 Å². The third-order valence-corrected chi connectivity index (χ3v) is 6.12. The molecule has 0 spiro atoms. The molecule has 1 aliphatic carbocycles. The van der Waals surface area contributed by atoms with Crippen LogP contribution in [0, 0.1) is 0 Å². The lowest BCUT2D eigenvalue weighted by molar-refractivity contribution is -0.274. The number of anilines is 1. The van der Waals surface area contributed by atoms with Crippen molar-refractivity contribution in [1.82, 2.24) is 19.9 Å². The molecule has 5 rings (SSSR count). The zero-order chi connectivity index (χ0) is 22.5. The van der Waals surface area contributed by atoms with Gasteiger partial charge in [0.05, 0.1) is 11.1 Å². The van der Waals surface area contributed by atoms with Crippen LogP contribution in [0.1, 0.15) is 59.3 Å². The number of benzene rings is 1. The van der Waals surface area contributed by atoms with Crippen LogP contribution in [0.4, 0.5) is 18.9 Å². The number of nitrogens with two attached hydrogens (primary N) is 1. The normalized spacial score (nSPS) is 17.7. The zero-order valence-electron chi connectivity index (χ0n) is 17.2. The number of H-pyrrole nitrogens is 1. The van der Waals surface area contributed by atoms with E-state index in [1.165, 1.54) is 6.07 Å². The number of likely N-dealkylation sites (tertiary alicyclic amines) is 1. The highest BCUT2D eigenvalue weighted by atomic mass is 19.4. The lowest BCUT2D eigenvalue weighted by Crippen LogP contribution is -2.38. The zero-order valence-corrected chi connectivity index (χ0v) is 17.2. The Balaban J connectivity index is 1.28. The summed E-state index contributed by atoms with van der Waals surface area (Å²) in [6.45, 7) is 1.05. The van der Waals surface area contributed by atoms with Crippen molar-refractivity contribution in [2.75, 3.05) is 18.8 Å². The van der Waals surface area contributed by atoms with Gasteiger partial charge in [-0.2, -0.15) is 0 Å². The second kappa shape index (κ2) is 7.68. The fourth-order valence-electron chi connectivity index (χ4n) is 4.34. The Kier molecular flexibility index (Phi) is 4.94. The number of hydrogen-bond acceptors (Lipinski definition) is 5. The summed E-state index contributed by atoms with van der Waals surface area (Å²) in [5.74, 6) is 1.03. The molecule has 1 amide bonds. The van der Waals surface area contributed by atoms with E-state index in [0.29, 0.717) is 19.0 Å². The Hall–Kier alpha value is -3.30. The van der Waals surface area contributed by atoms with Crippen LogP contribution in [0.3, 0.4) is 0 Å². The predicted molar refractivity (Wildman–Crippen MR) is 111 cm³/mol. The summed E-state index contributed by atoms with van der Waals surface area (Å²) < 4.78 is 41.0. The fraction of sp³-hybridized carbons (Fsp3) is 0.409. The number of aromatic nitrogens is 3. The van der Waals surface area contributed by atoms with E-state index in [9.17, 15) is 18.0 Å². The molecule has 3 heterocycles. The van der Waals surface area contributed by atoms with Crippen LogP contribution in [0.2, 0.25) is 0 Å². The molecule has 32 heavy (non-hydrogen) atoms. The number of ether oxygens (including phenoxy) is 1. The highest BCUT2D eigenvalue weighted by molar-refractivity contribution is 5.99. The molecule has 168 valence electrons. The van der Waals surface area contributed by atoms with E-state index in [2.05, 4.69) is 19.7 Å². The smallest absolute Gasteiger partial charge is 0.406 e. The molecule has 0 radical (unpaired) electrons. The minimum Gasteiger partial charge on any atom is -0.406 e. The Labute approximate surface area is 181 Å². The van der Waals surface area contributed by atoms with E-state index in [0.717, 1.165) is 60.4 Å². The molecule has 2 aliphatic rings. The van der Waals surface area contributed by atoms with Gasteiger partial charge in [0, 0.05) is 37.0 Å². The van der Waals surface area contributed by atoms with Gasteiger partial charge >= 0.3 is 6.36 Å². The van der Waals surface area contributed by atoms with E-state index < -0.39 is 12.1 Å². The standard InChI is InChI=1S/C22H22F3N5O2/c23-22(24,25)32-14-3-4-16(17(26)11-14)21(31)30-9-6-12(7-10-30)15-5-8-27-20-18(15)28-19(29-20)13-1-2-13/h3-5,8,11-13H,1-2,6-7,9-10,26H2,(H,27,28,29). The van der Waals surface area contributed by atoms with Crippen molar-refractivity contribution in [2.24, 2.45) is 0 Å². The molecule has 1 saturated carbocycles. The molecule has 0 atom stereocenters. The number of nitrogens with zero attached hydrogens (tertiary/aromatic N) is 3. The first kappa shape index (κ1) is 20.6. The molecule has 0 unspecified atom stereocenters. The number of nitrogen functional groups attached to an aromatic ring is 1. The Morgan fingerprint density at radius 3 is 2.53 bits per heavy atom. The van der Waals surface area contributed by atoms with Crippen LogP contribution in [0.25, 0.3) is 11.2 Å². The van der Waals surface area contributed by atoms with E-state index >= 15 is 0 Å². The molecule has 7 nitrogen and oxygen atoms in total. The van der Waals surface area contributed by atoms with Crippen molar-refractivity contribution in [3.8, 4) is 5.75 Å². The molecule has 2 aromatic heterocycles. The summed E-state index contributed by atoms with van der Waals surface area (Å²) in [6.07, 6.45) is 0.796. The number of alkyl halides is 3. The van der Waals surface area contributed by atoms with Crippen molar-refractivity contribution < 1.29 is 22.7 Å². The summed E-state index contributed by atoms with van der Waals surface area (Å²) in [4.78, 5) is 27.1. The lowest BCUT2D eigenvalue weighted by Gasteiger charge is -2.32. The molecular weight excluding hydrogens is 423 g/mol. The number of piperidine rings is 1. The van der Waals surface area contributed by atoms with Crippen LogP contribution < -0.4 is 10.5 Å². The third-order valence-electron chi connectivity index (χ3n) is 6.12. The number of aromatic amines is 1. The van der Waals surface area contributed by atoms with Gasteiger partial charge < -0.3 is 20.4 Å². The maximum Gasteiger partial charge on any atom is 0.573 e. The van der Waals surface area contributed by atoms with Crippen LogP contribution in [-0.2, 0) is 0 Å². The molecule has 3 N–H and O–H groups in total. The molecule has 3 aromatic rings. The third kappa shape index (κ3) is 4.09. The van der Waals surface area contributed by atoms with Crippen molar-refractivity contribution in [2.45, 2.75) is 43.9 Å². The average Bonchev–Trinajstić information content (AvgIpc) is 3.50. The van der Waals surface area contributed by atoms with Gasteiger partial charge in [0.15, 0.2) is 5.65 Å². The minimum atomic E-state index is -4.81. The van der Waals surface area contributed by atoms with Crippen molar-refractivity contribution in [3.05, 3.63) is 47.4 Å². The van der Waals surface area contributed by atoms with Gasteiger partial charge in [-0.25, -0.2) is 9.97 Å². The van der Waals surface area contributed by atoms with Gasteiger partial charge in [-0.15, -0.1) is 13.2 Å². The molecule has 1 aromatic carbocycles. The number of carbonyl (C=O) groups is 1. The number of imidazole rings is 1. The van der Waals surface area contributed by atoms with Crippen molar-refractivity contribution >= 4 is 22.8 Å². The second-order valence-corrected chi connectivity index (χ2v) is 8.36. The first-order valence-electron chi connectivity index (χ1n) is 10.6. The molecule has 1 saturated heterocycles. The molecule has 1 aliphatic heterocycles. The Morgan fingerprint density at radius 1 is 1.12 bits per heavy atom. The number of amides is 1. The highest BCUT2D eigenvalue weighted by Gasteiger charge is 2.32. The summed E-state index contributed by atoms with van der Waals surface area (Å²) in [6, 6.07) is 5.42. The van der Waals surface area contributed by atoms with Gasteiger partial charge in [-0.05, 0) is 55.4 Å². The fourth-order valence-corrected chi connectivity index (χ4v) is 4.34. The first-order chi connectivity index (χ1) is 15.3. The number of fused-ring (bicyclic) bond motifs is 1. The summed E-state index contributed by atoms with van der Waals surface area (Å²) in [5, 5.41) is 0. The quantitative estimate of drug-likeness (QED) is 0.583. The number of carbonyl (C=O) groups excluding carboxylic acids is 1. The van der Waals surface area contributed by atoms with Gasteiger partial charge in [0.25, 0.3) is 5.91 Å². The lowest BCUT2D eigenvalue weighted by atomic mass is 9.89.